The molecule has 2 fully saturated rings. The molecule has 1 aromatic rings. The minimum absolute atomic E-state index is 0.0259. The van der Waals surface area contributed by atoms with Gasteiger partial charge in [-0.15, -0.1) is 4.91 Å². The van der Waals surface area contributed by atoms with E-state index in [1.165, 1.54) is 0 Å². The van der Waals surface area contributed by atoms with Crippen LogP contribution in [0.15, 0.2) is 35.6 Å². The molecule has 0 amide bonds. The third kappa shape index (κ3) is 2.17. The number of rotatable bonds is 2. The SMILES string of the molecule is CC1(C)C(=O)[C@H]2CCCC[C@@H]2N(N=O)C1c1ccccc1. The highest BCUT2D eigenvalue weighted by Gasteiger charge is 2.54. The van der Waals surface area contributed by atoms with Gasteiger partial charge in [0.15, 0.2) is 0 Å². The molecule has 0 aromatic heterocycles. The van der Waals surface area contributed by atoms with Crippen LogP contribution in [0.2, 0.25) is 0 Å². The van der Waals surface area contributed by atoms with Crippen LogP contribution in [-0.2, 0) is 4.79 Å². The highest BCUT2D eigenvalue weighted by molar-refractivity contribution is 5.89. The van der Waals surface area contributed by atoms with Crippen molar-refractivity contribution in [1.29, 1.82) is 0 Å². The highest BCUT2D eigenvalue weighted by Crippen LogP contribution is 2.50. The molecule has 0 spiro atoms. The molecular formula is C17H22N2O2. The zero-order chi connectivity index (χ0) is 15.0. The Kier molecular flexibility index (Phi) is 3.56. The first-order valence-corrected chi connectivity index (χ1v) is 7.78. The second-order valence-electron chi connectivity index (χ2n) is 6.82. The molecule has 1 saturated carbocycles. The third-order valence-electron chi connectivity index (χ3n) is 5.20. The zero-order valence-electron chi connectivity index (χ0n) is 12.7. The standard InChI is InChI=1S/C17H22N2O2/c1-17(2)15(12-8-4-3-5-9-12)19(18-21)14-11-7-6-10-13(14)16(17)20/h3-5,8-9,13-15H,6-7,10-11H2,1-2H3/t13-,14-,15?/m0/s1. The van der Waals surface area contributed by atoms with Crippen molar-refractivity contribution >= 4 is 5.78 Å². The first kappa shape index (κ1) is 14.2. The van der Waals surface area contributed by atoms with Gasteiger partial charge in [0.05, 0.1) is 17.4 Å². The largest absolute Gasteiger partial charge is 0.299 e. The molecule has 2 aliphatic rings. The summed E-state index contributed by atoms with van der Waals surface area (Å²) in [6.07, 6.45) is 3.93. The molecule has 3 rings (SSSR count). The van der Waals surface area contributed by atoms with E-state index in [-0.39, 0.29) is 18.0 Å². The lowest BCUT2D eigenvalue weighted by Crippen LogP contribution is -2.57. The first-order chi connectivity index (χ1) is 10.1. The normalized spacial score (nSPS) is 31.6. The Labute approximate surface area is 125 Å². The second-order valence-corrected chi connectivity index (χ2v) is 6.82. The van der Waals surface area contributed by atoms with Gasteiger partial charge < -0.3 is 0 Å². The molecule has 0 bridgehead atoms. The maximum absolute atomic E-state index is 13.0. The Bertz CT molecular complexity index is 541. The highest BCUT2D eigenvalue weighted by atomic mass is 16.3. The quantitative estimate of drug-likeness (QED) is 0.775. The molecular weight excluding hydrogens is 264 g/mol. The van der Waals surface area contributed by atoms with Crippen molar-refractivity contribution in [3.05, 3.63) is 40.8 Å². The summed E-state index contributed by atoms with van der Waals surface area (Å²) in [6, 6.07) is 9.54. The fourth-order valence-corrected chi connectivity index (χ4v) is 4.18. The van der Waals surface area contributed by atoms with Gasteiger partial charge in [0.2, 0.25) is 0 Å². The Morgan fingerprint density at radius 3 is 2.48 bits per heavy atom. The summed E-state index contributed by atoms with van der Waals surface area (Å²) in [5.41, 5.74) is 0.410. The number of hydrogen-bond donors (Lipinski definition) is 0. The minimum atomic E-state index is -0.590. The smallest absolute Gasteiger partial charge is 0.146 e. The van der Waals surface area contributed by atoms with Gasteiger partial charge in [0.1, 0.15) is 5.78 Å². The number of ketones is 1. The zero-order valence-corrected chi connectivity index (χ0v) is 12.7. The maximum atomic E-state index is 13.0. The molecule has 1 aliphatic heterocycles. The number of carbonyl (C=O) groups is 1. The number of piperidine rings is 1. The maximum Gasteiger partial charge on any atom is 0.146 e. The van der Waals surface area contributed by atoms with Crippen LogP contribution >= 0.6 is 0 Å². The van der Waals surface area contributed by atoms with Crippen molar-refractivity contribution in [3.63, 3.8) is 0 Å². The molecule has 112 valence electrons. The van der Waals surface area contributed by atoms with Gasteiger partial charge in [0.25, 0.3) is 0 Å². The first-order valence-electron chi connectivity index (χ1n) is 7.78. The lowest BCUT2D eigenvalue weighted by molar-refractivity contribution is -0.151. The Balaban J connectivity index is 2.07. The molecule has 0 radical (unpaired) electrons. The fourth-order valence-electron chi connectivity index (χ4n) is 4.18. The summed E-state index contributed by atoms with van der Waals surface area (Å²) in [6.45, 7) is 3.91. The van der Waals surface area contributed by atoms with Crippen LogP contribution in [0.5, 0.6) is 0 Å². The van der Waals surface area contributed by atoms with Crippen molar-refractivity contribution in [1.82, 2.24) is 5.01 Å². The predicted molar refractivity (Wildman–Crippen MR) is 81.4 cm³/mol. The number of nitrogens with zero attached hydrogens (tertiary/aromatic N) is 2. The summed E-state index contributed by atoms with van der Waals surface area (Å²) in [4.78, 5) is 24.5. The van der Waals surface area contributed by atoms with Crippen LogP contribution in [0.25, 0.3) is 0 Å². The predicted octanol–water partition coefficient (Wildman–Crippen LogP) is 3.88. The van der Waals surface area contributed by atoms with E-state index in [4.69, 9.17) is 0 Å². The summed E-state index contributed by atoms with van der Waals surface area (Å²) in [7, 11) is 0. The monoisotopic (exact) mass is 286 g/mol. The van der Waals surface area contributed by atoms with Gasteiger partial charge in [-0.2, -0.15) is 0 Å². The van der Waals surface area contributed by atoms with Crippen molar-refractivity contribution < 1.29 is 4.79 Å². The van der Waals surface area contributed by atoms with E-state index in [9.17, 15) is 9.70 Å². The van der Waals surface area contributed by atoms with Crippen molar-refractivity contribution in [3.8, 4) is 0 Å². The van der Waals surface area contributed by atoms with Crippen LogP contribution in [0.1, 0.15) is 51.1 Å². The number of benzene rings is 1. The summed E-state index contributed by atoms with van der Waals surface area (Å²) in [5.74, 6) is 0.257. The lowest BCUT2D eigenvalue weighted by atomic mass is 9.64. The van der Waals surface area contributed by atoms with E-state index >= 15 is 0 Å². The summed E-state index contributed by atoms with van der Waals surface area (Å²) in [5, 5.41) is 5.03. The van der Waals surface area contributed by atoms with Crippen molar-refractivity contribution in [2.24, 2.45) is 16.6 Å². The van der Waals surface area contributed by atoms with Gasteiger partial charge in [-0.3, -0.25) is 4.79 Å². The van der Waals surface area contributed by atoms with E-state index in [2.05, 4.69) is 5.29 Å². The van der Waals surface area contributed by atoms with E-state index in [0.717, 1.165) is 31.2 Å². The Morgan fingerprint density at radius 1 is 1.14 bits per heavy atom. The molecule has 0 N–H and O–H groups in total. The molecule has 1 aromatic carbocycles. The van der Waals surface area contributed by atoms with Gasteiger partial charge in [0, 0.05) is 11.3 Å². The molecule has 1 aliphatic carbocycles. The molecule has 1 unspecified atom stereocenters. The van der Waals surface area contributed by atoms with Crippen LogP contribution in [0.3, 0.4) is 0 Å². The number of hydrogen-bond acceptors (Lipinski definition) is 3. The van der Waals surface area contributed by atoms with E-state index in [1.807, 2.05) is 44.2 Å². The lowest BCUT2D eigenvalue weighted by Gasteiger charge is -2.51. The molecule has 4 nitrogen and oxygen atoms in total. The van der Waals surface area contributed by atoms with Crippen LogP contribution in [-0.4, -0.2) is 16.8 Å². The summed E-state index contributed by atoms with van der Waals surface area (Å²) < 4.78 is 0. The Morgan fingerprint density at radius 2 is 1.81 bits per heavy atom. The van der Waals surface area contributed by atoms with Gasteiger partial charge in [-0.1, -0.05) is 57.0 Å². The number of fused-ring (bicyclic) bond motifs is 1. The van der Waals surface area contributed by atoms with E-state index in [0.29, 0.717) is 5.78 Å². The van der Waals surface area contributed by atoms with Crippen molar-refractivity contribution in [2.75, 3.05) is 0 Å². The van der Waals surface area contributed by atoms with Crippen LogP contribution in [0, 0.1) is 16.2 Å². The summed E-state index contributed by atoms with van der Waals surface area (Å²) >= 11 is 0. The topological polar surface area (TPSA) is 49.7 Å². The number of Topliss-reactive ketones (excluding diaryl/α,β-unsaturated/α-hetero) is 1. The van der Waals surface area contributed by atoms with Crippen molar-refractivity contribution in [2.45, 2.75) is 51.6 Å². The number of nitroso groups, excluding NO2 is 1. The third-order valence-corrected chi connectivity index (χ3v) is 5.20. The number of carbonyl (C=O) groups excluding carboxylic acids is 1. The average Bonchev–Trinajstić information content (AvgIpc) is 2.51. The second kappa shape index (κ2) is 5.24. The Hall–Kier alpha value is -1.71. The van der Waals surface area contributed by atoms with E-state index in [1.54, 1.807) is 5.01 Å². The molecule has 3 atom stereocenters. The van der Waals surface area contributed by atoms with Crippen LogP contribution < -0.4 is 0 Å². The van der Waals surface area contributed by atoms with Gasteiger partial charge in [-0.25, -0.2) is 5.01 Å². The molecule has 4 heteroatoms. The minimum Gasteiger partial charge on any atom is -0.299 e. The molecule has 1 heterocycles. The fraction of sp³-hybridized carbons (Fsp3) is 0.588. The van der Waals surface area contributed by atoms with Crippen LogP contribution in [0.4, 0.5) is 0 Å². The van der Waals surface area contributed by atoms with Gasteiger partial charge >= 0.3 is 0 Å². The van der Waals surface area contributed by atoms with E-state index < -0.39 is 5.41 Å². The molecule has 21 heavy (non-hydrogen) atoms. The molecule has 1 saturated heterocycles. The average molecular weight is 286 g/mol. The van der Waals surface area contributed by atoms with Gasteiger partial charge in [-0.05, 0) is 18.4 Å².